The summed E-state index contributed by atoms with van der Waals surface area (Å²) in [6, 6.07) is 0. The van der Waals surface area contributed by atoms with Crippen LogP contribution in [0.5, 0.6) is 5.88 Å². The van der Waals surface area contributed by atoms with Crippen molar-refractivity contribution in [2.45, 2.75) is 32.7 Å². The Morgan fingerprint density at radius 3 is 2.33 bits per heavy atom. The molecule has 100 valence electrons. The number of aromatic nitrogens is 2. The lowest BCUT2D eigenvalue weighted by atomic mass is 10.6. The molecule has 0 unspecified atom stereocenters. The van der Waals surface area contributed by atoms with Gasteiger partial charge in [0.1, 0.15) is 6.23 Å². The van der Waals surface area contributed by atoms with Crippen LogP contribution in [-0.4, -0.2) is 31.2 Å². The van der Waals surface area contributed by atoms with Crippen molar-refractivity contribution < 1.29 is 9.13 Å². The van der Waals surface area contributed by atoms with E-state index in [1.165, 1.54) is 4.23 Å². The molecule has 0 spiro atoms. The van der Waals surface area contributed by atoms with Crippen LogP contribution in [0.3, 0.4) is 0 Å². The highest BCUT2D eigenvalue weighted by Gasteiger charge is 2.40. The lowest BCUT2D eigenvalue weighted by molar-refractivity contribution is 0.354. The smallest absolute Gasteiger partial charge is 0.317 e. The van der Waals surface area contributed by atoms with Crippen molar-refractivity contribution in [1.82, 2.24) is 8.47 Å². The SMILES string of the molecule is C[Si](C)(C)n1c(=O)c(F)c2n(c1=O)[Si](C)(C)CO2. The lowest BCUT2D eigenvalue weighted by Gasteiger charge is -2.23. The molecule has 2 heterocycles. The van der Waals surface area contributed by atoms with Gasteiger partial charge in [-0.1, -0.05) is 19.6 Å². The molecule has 1 aromatic heterocycles. The van der Waals surface area contributed by atoms with Crippen LogP contribution in [0.15, 0.2) is 9.59 Å². The highest BCUT2D eigenvalue weighted by molar-refractivity contribution is 6.77. The molecule has 1 aliphatic rings. The highest BCUT2D eigenvalue weighted by Crippen LogP contribution is 2.24. The molecule has 0 bridgehead atoms. The predicted octanol–water partition coefficient (Wildman–Crippen LogP) is 0.817. The van der Waals surface area contributed by atoms with Gasteiger partial charge in [0.2, 0.25) is 19.9 Å². The maximum Gasteiger partial charge on any atom is 0.317 e. The fraction of sp³-hybridized carbons (Fsp3) is 0.600. The first-order valence-electron chi connectivity index (χ1n) is 5.79. The van der Waals surface area contributed by atoms with Gasteiger partial charge in [-0.2, -0.15) is 4.39 Å². The minimum Gasteiger partial charge on any atom is -0.478 e. The van der Waals surface area contributed by atoms with E-state index in [0.29, 0.717) is 6.23 Å². The van der Waals surface area contributed by atoms with E-state index in [2.05, 4.69) is 0 Å². The molecule has 2 rings (SSSR count). The topological polar surface area (TPSA) is 53.2 Å². The first-order valence-corrected chi connectivity index (χ1v) is 12.4. The summed E-state index contributed by atoms with van der Waals surface area (Å²) in [5.74, 6) is -1.11. The van der Waals surface area contributed by atoms with Crippen molar-refractivity contribution in [3.63, 3.8) is 0 Å². The molecule has 5 nitrogen and oxygen atoms in total. The van der Waals surface area contributed by atoms with E-state index >= 15 is 0 Å². The Balaban J connectivity index is 2.95. The summed E-state index contributed by atoms with van der Waals surface area (Å²) in [7, 11) is -4.43. The maximum absolute atomic E-state index is 14.0. The standard InChI is InChI=1S/C10H17FN2O3Si2/c1-17(2,3)12-8(14)7(11)9-13(10(12)15)18(4,5)6-16-9/h6H2,1-5H3. The molecule has 0 radical (unpaired) electrons. The molecule has 0 aromatic carbocycles. The Morgan fingerprint density at radius 1 is 1.28 bits per heavy atom. The van der Waals surface area contributed by atoms with Gasteiger partial charge in [0.15, 0.2) is 8.24 Å². The van der Waals surface area contributed by atoms with Crippen LogP contribution in [0, 0.1) is 5.82 Å². The Morgan fingerprint density at radius 2 is 1.83 bits per heavy atom. The van der Waals surface area contributed by atoms with E-state index in [0.717, 1.165) is 4.23 Å². The van der Waals surface area contributed by atoms with E-state index in [-0.39, 0.29) is 5.88 Å². The number of fused-ring (bicyclic) bond motifs is 1. The molecule has 0 aliphatic carbocycles. The number of ether oxygens (including phenoxy) is 1. The summed E-state index contributed by atoms with van der Waals surface area (Å²) in [4.78, 5) is 24.4. The third-order valence-electron chi connectivity index (χ3n) is 3.00. The fourth-order valence-corrected chi connectivity index (χ4v) is 5.56. The molecule has 0 saturated carbocycles. The molecule has 8 heteroatoms. The van der Waals surface area contributed by atoms with Crippen LogP contribution < -0.4 is 16.0 Å². The molecule has 1 aromatic rings. The van der Waals surface area contributed by atoms with Gasteiger partial charge in [-0.25, -0.2) is 4.79 Å². The Kier molecular flexibility index (Phi) is 2.71. The Bertz CT molecular complexity index is 628. The van der Waals surface area contributed by atoms with E-state index in [1.807, 2.05) is 32.7 Å². The van der Waals surface area contributed by atoms with Crippen molar-refractivity contribution in [1.29, 1.82) is 0 Å². The Hall–Kier alpha value is -1.16. The van der Waals surface area contributed by atoms with Crippen molar-refractivity contribution >= 4 is 16.5 Å². The zero-order valence-corrected chi connectivity index (χ0v) is 13.2. The summed E-state index contributed by atoms with van der Waals surface area (Å²) in [6.07, 6.45) is 0.328. The lowest BCUT2D eigenvalue weighted by Crippen LogP contribution is -2.57. The van der Waals surface area contributed by atoms with Gasteiger partial charge in [0, 0.05) is 0 Å². The van der Waals surface area contributed by atoms with Crippen molar-refractivity contribution in [3.05, 3.63) is 26.7 Å². The summed E-state index contributed by atoms with van der Waals surface area (Å²) in [5.41, 5.74) is -1.26. The average molecular weight is 288 g/mol. The highest BCUT2D eigenvalue weighted by atomic mass is 28.3. The van der Waals surface area contributed by atoms with Crippen LogP contribution in [-0.2, 0) is 0 Å². The molecule has 0 amide bonds. The largest absolute Gasteiger partial charge is 0.478 e. The predicted molar refractivity (Wildman–Crippen MR) is 72.0 cm³/mol. The van der Waals surface area contributed by atoms with E-state index in [1.54, 1.807) is 0 Å². The first kappa shape index (κ1) is 13.3. The maximum atomic E-state index is 14.0. The average Bonchev–Trinajstić information content (AvgIpc) is 2.49. The van der Waals surface area contributed by atoms with Crippen LogP contribution in [0.25, 0.3) is 0 Å². The van der Waals surface area contributed by atoms with E-state index in [4.69, 9.17) is 4.74 Å². The first-order chi connectivity index (χ1) is 8.07. The third kappa shape index (κ3) is 1.71. The van der Waals surface area contributed by atoms with Gasteiger partial charge in [-0.05, 0) is 13.1 Å². The second-order valence-electron chi connectivity index (χ2n) is 6.15. The monoisotopic (exact) mass is 288 g/mol. The second-order valence-corrected chi connectivity index (χ2v) is 15.3. The van der Waals surface area contributed by atoms with Gasteiger partial charge >= 0.3 is 5.69 Å². The Labute approximate surface area is 106 Å². The van der Waals surface area contributed by atoms with Gasteiger partial charge in [-0.15, -0.1) is 0 Å². The van der Waals surface area contributed by atoms with Crippen LogP contribution in [0.2, 0.25) is 32.7 Å². The summed E-state index contributed by atoms with van der Waals surface area (Å²) < 4.78 is 21.8. The molecule has 0 N–H and O–H groups in total. The molecule has 18 heavy (non-hydrogen) atoms. The van der Waals surface area contributed by atoms with Crippen molar-refractivity contribution in [3.8, 4) is 5.88 Å². The number of halogens is 1. The summed E-state index contributed by atoms with van der Waals surface area (Å²) >= 11 is 0. The summed E-state index contributed by atoms with van der Waals surface area (Å²) in [6.45, 7) is 9.36. The minimum atomic E-state index is -2.26. The number of rotatable bonds is 1. The van der Waals surface area contributed by atoms with Gasteiger partial charge in [-0.3, -0.25) is 13.3 Å². The van der Waals surface area contributed by atoms with E-state index < -0.39 is 33.5 Å². The quantitative estimate of drug-likeness (QED) is 0.719. The molecule has 1 aliphatic heterocycles. The fourth-order valence-electron chi connectivity index (χ4n) is 2.12. The third-order valence-corrected chi connectivity index (χ3v) is 7.19. The summed E-state index contributed by atoms with van der Waals surface area (Å²) in [5, 5.41) is 0. The van der Waals surface area contributed by atoms with Crippen LogP contribution in [0.1, 0.15) is 0 Å². The van der Waals surface area contributed by atoms with Crippen LogP contribution >= 0.6 is 0 Å². The molecule has 0 saturated heterocycles. The normalized spacial score (nSPS) is 17.4. The second kappa shape index (κ2) is 3.67. The molecular weight excluding hydrogens is 271 g/mol. The number of nitrogens with zero attached hydrogens (tertiary/aromatic N) is 2. The molecule has 0 fully saturated rings. The van der Waals surface area contributed by atoms with Crippen molar-refractivity contribution in [2.75, 3.05) is 6.23 Å². The van der Waals surface area contributed by atoms with Gasteiger partial charge in [0.25, 0.3) is 5.56 Å². The zero-order valence-electron chi connectivity index (χ0n) is 11.2. The molecular formula is C10H17FN2O3Si2. The number of hydrogen-bond acceptors (Lipinski definition) is 3. The van der Waals surface area contributed by atoms with Gasteiger partial charge in [0.05, 0.1) is 0 Å². The van der Waals surface area contributed by atoms with Crippen molar-refractivity contribution in [2.24, 2.45) is 0 Å². The van der Waals surface area contributed by atoms with E-state index in [9.17, 15) is 14.0 Å². The van der Waals surface area contributed by atoms with Gasteiger partial charge < -0.3 is 4.74 Å². The minimum absolute atomic E-state index is 0.170. The molecule has 0 atom stereocenters. The zero-order chi connectivity index (χ0) is 13.9. The number of hydrogen-bond donors (Lipinski definition) is 0. The van der Waals surface area contributed by atoms with Crippen LogP contribution in [0.4, 0.5) is 4.39 Å².